The van der Waals surface area contributed by atoms with E-state index in [1.165, 1.54) is 36.0 Å². The molecule has 5 heterocycles. The molecule has 428 valence electrons. The molecule has 3 aliphatic rings. The first-order valence-corrected chi connectivity index (χ1v) is 26.8. The van der Waals surface area contributed by atoms with Crippen molar-refractivity contribution in [2.24, 2.45) is 11.7 Å². The second kappa shape index (κ2) is 26.2. The van der Waals surface area contributed by atoms with Gasteiger partial charge in [-0.3, -0.25) is 33.7 Å². The van der Waals surface area contributed by atoms with Crippen molar-refractivity contribution in [1.82, 2.24) is 40.2 Å². The van der Waals surface area contributed by atoms with E-state index in [9.17, 15) is 53.4 Å². The zero-order valence-electron chi connectivity index (χ0n) is 45.8. The molecule has 8 N–H and O–H groups in total. The summed E-state index contributed by atoms with van der Waals surface area (Å²) in [6, 6.07) is 10.5. The van der Waals surface area contributed by atoms with E-state index in [1.807, 2.05) is 6.92 Å². The Labute approximate surface area is 462 Å². The monoisotopic (exact) mass is 1110 g/mol. The van der Waals surface area contributed by atoms with Crippen LogP contribution in [0.3, 0.4) is 0 Å². The van der Waals surface area contributed by atoms with Gasteiger partial charge in [-0.25, -0.2) is 19.4 Å². The molecule has 24 heteroatoms. The number of unbranched alkanes of at least 4 members (excludes halogenated alkanes) is 2. The molecule has 80 heavy (non-hydrogen) atoms. The van der Waals surface area contributed by atoms with Crippen molar-refractivity contribution in [3.8, 4) is 17.1 Å². The van der Waals surface area contributed by atoms with E-state index in [0.717, 1.165) is 21.4 Å². The number of nitrogens with zero attached hydrogens (tertiary/aromatic N) is 5. The molecule has 2 aromatic carbocycles. The lowest BCUT2D eigenvalue weighted by Crippen LogP contribution is -2.54. The number of aryl methyl sites for hydroxylation is 1. The van der Waals surface area contributed by atoms with Gasteiger partial charge in [0.2, 0.25) is 17.7 Å². The highest BCUT2D eigenvalue weighted by atomic mass is 16.6. The molecule has 9 amide bonds. The van der Waals surface area contributed by atoms with Crippen molar-refractivity contribution in [2.45, 2.75) is 123 Å². The summed E-state index contributed by atoms with van der Waals surface area (Å²) < 4.78 is 18.3. The number of likely N-dealkylation sites (N-methyl/N-ethyl adjacent to an activating group) is 2. The fourth-order valence-electron chi connectivity index (χ4n) is 9.76. The summed E-state index contributed by atoms with van der Waals surface area (Å²) in [5.41, 5.74) is 8.18. The number of nitrogens with two attached hydrogens (primary N) is 1. The number of carbonyl (C=O) groups is 8. The van der Waals surface area contributed by atoms with Gasteiger partial charge in [-0.2, -0.15) is 0 Å². The van der Waals surface area contributed by atoms with Crippen molar-refractivity contribution in [2.75, 3.05) is 45.6 Å². The van der Waals surface area contributed by atoms with Gasteiger partial charge < -0.3 is 65.8 Å². The third-order valence-electron chi connectivity index (χ3n) is 14.5. The zero-order chi connectivity index (χ0) is 58.0. The number of benzene rings is 2. The maximum absolute atomic E-state index is 13.8. The maximum atomic E-state index is 13.8. The van der Waals surface area contributed by atoms with Crippen LogP contribution in [0.2, 0.25) is 0 Å². The summed E-state index contributed by atoms with van der Waals surface area (Å²) in [6.45, 7) is 7.75. The molecule has 0 bridgehead atoms. The third-order valence-corrected chi connectivity index (χ3v) is 14.5. The Bertz CT molecular complexity index is 3110. The average Bonchev–Trinajstić information content (AvgIpc) is 3.97. The first-order valence-electron chi connectivity index (χ1n) is 26.8. The van der Waals surface area contributed by atoms with E-state index in [1.54, 1.807) is 73.9 Å². The van der Waals surface area contributed by atoms with Crippen molar-refractivity contribution < 1.29 is 62.8 Å². The first-order chi connectivity index (χ1) is 38.1. The minimum absolute atomic E-state index is 0.0957. The molecular formula is C56H70N10O14. The number of pyridine rings is 2. The molecule has 2 aromatic heterocycles. The van der Waals surface area contributed by atoms with Crippen LogP contribution < -0.4 is 37.3 Å². The van der Waals surface area contributed by atoms with E-state index >= 15 is 0 Å². The lowest BCUT2D eigenvalue weighted by molar-refractivity contribution is -0.236. The van der Waals surface area contributed by atoms with Crippen LogP contribution in [0.1, 0.15) is 100 Å². The van der Waals surface area contributed by atoms with Gasteiger partial charge in [-0.05, 0) is 92.0 Å². The number of anilines is 1. The van der Waals surface area contributed by atoms with Gasteiger partial charge in [-0.15, -0.1) is 0 Å². The number of rotatable bonds is 24. The second-order valence-electron chi connectivity index (χ2n) is 20.4. The molecule has 4 atom stereocenters. The van der Waals surface area contributed by atoms with E-state index in [4.69, 9.17) is 24.9 Å². The normalized spacial score (nSPS) is 16.8. The summed E-state index contributed by atoms with van der Waals surface area (Å²) >= 11 is 0. The molecule has 4 aromatic rings. The number of primary amides is 1. The van der Waals surface area contributed by atoms with Crippen molar-refractivity contribution in [1.29, 1.82) is 0 Å². The van der Waals surface area contributed by atoms with Gasteiger partial charge in [0.1, 0.15) is 30.0 Å². The summed E-state index contributed by atoms with van der Waals surface area (Å²) in [5, 5.41) is 33.4. The molecule has 0 radical (unpaired) electrons. The fraction of sp³-hybridized carbons (Fsp3) is 0.464. The first kappa shape index (κ1) is 59.4. The van der Waals surface area contributed by atoms with Crippen molar-refractivity contribution in [3.63, 3.8) is 0 Å². The average molecular weight is 1110 g/mol. The number of imide groups is 1. The number of ether oxygens (including phenoxy) is 3. The molecule has 3 aliphatic heterocycles. The van der Waals surface area contributed by atoms with Crippen LogP contribution in [0.4, 0.5) is 20.1 Å². The number of amides is 9. The standard InChI is InChI=1S/C56H70N10O14/c1-7-36-37-27-35(19-20-41(37)60-48-38(36)29-66-43(48)28-40-39(51(66)72)31-78-52(73)56(40,77)8-2)80-55(76)64(6)26-25-63(5)54(75)79-30-33-15-17-34(18-16-33)59-49(70)42(13-12-23-58-53(57)74)61-50(71)47(32(3)4)62-44(67)14-10-9-11-24-65-45(68)21-22-46(65)69/h15-22,27-28,32,42,47,52,73,77H,7-14,23-26,29-31H2,1-6H3,(H,59,70)(H,61,71)(H,62,67)(H3,57,58,74)/t42-,47?,52?,56?/m0/s1. The van der Waals surface area contributed by atoms with Crippen LogP contribution >= 0.6 is 0 Å². The molecule has 0 saturated carbocycles. The van der Waals surface area contributed by atoms with Crippen molar-refractivity contribution in [3.05, 3.63) is 98.9 Å². The molecule has 3 unspecified atom stereocenters. The lowest BCUT2D eigenvalue weighted by atomic mass is 9.85. The quantitative estimate of drug-likeness (QED) is 0.0343. The summed E-state index contributed by atoms with van der Waals surface area (Å²) in [6.07, 6.45) is 2.34. The van der Waals surface area contributed by atoms with Crippen LogP contribution in [-0.4, -0.2) is 141 Å². The van der Waals surface area contributed by atoms with Crippen LogP contribution in [0.25, 0.3) is 22.3 Å². The Morgan fingerprint density at radius 1 is 0.887 bits per heavy atom. The Balaban J connectivity index is 0.876. The topological polar surface area (TPSA) is 323 Å². The number of hydrogen-bond donors (Lipinski definition) is 7. The number of urea groups is 1. The van der Waals surface area contributed by atoms with E-state index < -0.39 is 54.0 Å². The number of aromatic nitrogens is 2. The second-order valence-corrected chi connectivity index (χ2v) is 20.4. The summed E-state index contributed by atoms with van der Waals surface area (Å²) in [5.74, 6) is -2.35. The minimum Gasteiger partial charge on any atom is -0.445 e. The molecule has 24 nitrogen and oxygen atoms in total. The Hall–Kier alpha value is -8.22. The number of aliphatic hydroxyl groups excluding tert-OH is 1. The van der Waals surface area contributed by atoms with Crippen LogP contribution in [0.15, 0.2) is 65.5 Å². The van der Waals surface area contributed by atoms with E-state index in [0.29, 0.717) is 59.4 Å². The van der Waals surface area contributed by atoms with Gasteiger partial charge in [0.15, 0.2) is 6.29 Å². The Morgan fingerprint density at radius 2 is 1.59 bits per heavy atom. The van der Waals surface area contributed by atoms with Crippen molar-refractivity contribution >= 4 is 64.3 Å². The summed E-state index contributed by atoms with van der Waals surface area (Å²) in [7, 11) is 3.06. The van der Waals surface area contributed by atoms with Crippen LogP contribution in [0.5, 0.6) is 5.75 Å². The summed E-state index contributed by atoms with van der Waals surface area (Å²) in [4.78, 5) is 124. The highest BCUT2D eigenvalue weighted by Gasteiger charge is 2.44. The fourth-order valence-corrected chi connectivity index (χ4v) is 9.76. The SMILES string of the molecule is CCc1c2c(nc3ccc(OC(=O)N(C)CCN(C)C(=O)OCc4ccc(NC(=O)[C@H](CCCNC(N)=O)NC(=O)C(NC(=O)CCCCCN5C(=O)C=CC5=O)C(C)C)cc4)cc13)-c1cc3c(c(=O)n1C2)COC(O)C3(O)CC. The largest absolute Gasteiger partial charge is 0.445 e. The number of carbonyl (C=O) groups excluding carboxylic acids is 8. The van der Waals surface area contributed by atoms with Gasteiger partial charge >= 0.3 is 18.2 Å². The number of aliphatic hydroxyl groups is 2. The third kappa shape index (κ3) is 13.8. The molecule has 0 aliphatic carbocycles. The molecule has 0 spiro atoms. The number of nitrogens with one attached hydrogen (secondary N) is 4. The molecular weight excluding hydrogens is 1040 g/mol. The lowest BCUT2D eigenvalue weighted by Gasteiger charge is -2.37. The maximum Gasteiger partial charge on any atom is 0.415 e. The molecule has 0 fully saturated rings. The smallest absolute Gasteiger partial charge is 0.415 e. The van der Waals surface area contributed by atoms with Crippen LogP contribution in [-0.2, 0) is 65.2 Å². The van der Waals surface area contributed by atoms with Gasteiger partial charge in [0, 0.05) is 86.6 Å². The number of hydrogen-bond acceptors (Lipinski definition) is 15. The van der Waals surface area contributed by atoms with E-state index in [2.05, 4.69) is 21.3 Å². The number of fused-ring (bicyclic) bond motifs is 5. The predicted molar refractivity (Wildman–Crippen MR) is 291 cm³/mol. The Morgan fingerprint density at radius 3 is 2.25 bits per heavy atom. The molecule has 0 saturated heterocycles. The van der Waals surface area contributed by atoms with E-state index in [-0.39, 0.29) is 112 Å². The molecule has 7 rings (SSSR count). The van der Waals surface area contributed by atoms with Gasteiger partial charge in [0.05, 0.1) is 30.1 Å². The van der Waals surface area contributed by atoms with Gasteiger partial charge in [0.25, 0.3) is 17.4 Å². The Kier molecular flexibility index (Phi) is 19.4. The zero-order valence-corrected chi connectivity index (χ0v) is 45.8. The highest BCUT2D eigenvalue weighted by molar-refractivity contribution is 6.12. The predicted octanol–water partition coefficient (Wildman–Crippen LogP) is 3.63. The van der Waals surface area contributed by atoms with Crippen LogP contribution in [0, 0.1) is 5.92 Å². The minimum atomic E-state index is -1.76. The van der Waals surface area contributed by atoms with Gasteiger partial charge in [-0.1, -0.05) is 46.2 Å². The highest BCUT2D eigenvalue weighted by Crippen LogP contribution is 2.42.